The van der Waals surface area contributed by atoms with Crippen molar-refractivity contribution in [1.29, 1.82) is 0 Å². The van der Waals surface area contributed by atoms with E-state index in [4.69, 9.17) is 11.6 Å². The highest BCUT2D eigenvalue weighted by Gasteiger charge is 2.23. The number of anilines is 1. The average Bonchev–Trinajstić information content (AvgIpc) is 2.79. The molecule has 0 spiro atoms. The maximum Gasteiger partial charge on any atom is 0.254 e. The second kappa shape index (κ2) is 8.62. The van der Waals surface area contributed by atoms with Gasteiger partial charge in [0.2, 0.25) is 0 Å². The van der Waals surface area contributed by atoms with E-state index in [9.17, 15) is 4.79 Å². The van der Waals surface area contributed by atoms with E-state index in [0.29, 0.717) is 23.7 Å². The van der Waals surface area contributed by atoms with Crippen LogP contribution in [0.4, 0.5) is 5.82 Å². The van der Waals surface area contributed by atoms with Gasteiger partial charge in [-0.3, -0.25) is 4.79 Å². The van der Waals surface area contributed by atoms with Crippen molar-refractivity contribution in [2.75, 3.05) is 31.1 Å². The SMILES string of the molecule is CCc1ccc(-c2ccc(N3CCN(C(=O)c4cccc(Cl)c4)CC3)nn2)cc1. The number of benzene rings is 2. The normalized spacial score (nSPS) is 14.1. The van der Waals surface area contributed by atoms with Crippen LogP contribution in [0.25, 0.3) is 11.3 Å². The molecule has 29 heavy (non-hydrogen) atoms. The van der Waals surface area contributed by atoms with Crippen molar-refractivity contribution in [2.45, 2.75) is 13.3 Å². The lowest BCUT2D eigenvalue weighted by molar-refractivity contribution is 0.0746. The molecule has 3 aromatic rings. The Bertz CT molecular complexity index is 981. The third-order valence-corrected chi connectivity index (χ3v) is 5.51. The molecule has 1 amide bonds. The summed E-state index contributed by atoms with van der Waals surface area (Å²) in [6, 6.07) is 19.5. The maximum absolute atomic E-state index is 12.7. The highest BCUT2D eigenvalue weighted by atomic mass is 35.5. The number of aryl methyl sites for hydroxylation is 1. The van der Waals surface area contributed by atoms with Crippen LogP contribution in [0.2, 0.25) is 5.02 Å². The number of piperazine rings is 1. The second-order valence-electron chi connectivity index (χ2n) is 7.12. The van der Waals surface area contributed by atoms with Gasteiger partial charge in [0, 0.05) is 42.3 Å². The molecule has 6 heteroatoms. The third kappa shape index (κ3) is 4.40. The standard InChI is InChI=1S/C23H23ClN4O/c1-2-17-6-8-18(9-7-17)21-10-11-22(26-25-21)27-12-14-28(15-13-27)23(29)19-4-3-5-20(24)16-19/h3-11,16H,2,12-15H2,1H3. The molecule has 0 atom stereocenters. The number of carbonyl (C=O) groups excluding carboxylic acids is 1. The molecular weight excluding hydrogens is 384 g/mol. The number of aromatic nitrogens is 2. The Morgan fingerprint density at radius 3 is 2.34 bits per heavy atom. The van der Waals surface area contributed by atoms with Crippen molar-refractivity contribution in [3.05, 3.63) is 76.8 Å². The zero-order valence-corrected chi connectivity index (χ0v) is 17.1. The Balaban J connectivity index is 1.38. The van der Waals surface area contributed by atoms with Crippen LogP contribution in [-0.2, 0) is 6.42 Å². The molecule has 0 unspecified atom stereocenters. The summed E-state index contributed by atoms with van der Waals surface area (Å²) in [5.74, 6) is 0.859. The largest absolute Gasteiger partial charge is 0.352 e. The molecule has 1 aliphatic heterocycles. The van der Waals surface area contributed by atoms with E-state index in [1.54, 1.807) is 24.3 Å². The van der Waals surface area contributed by atoms with Crippen molar-refractivity contribution in [3.8, 4) is 11.3 Å². The molecule has 0 saturated carbocycles. The third-order valence-electron chi connectivity index (χ3n) is 5.27. The van der Waals surface area contributed by atoms with Crippen LogP contribution in [0.1, 0.15) is 22.8 Å². The fourth-order valence-electron chi connectivity index (χ4n) is 3.50. The van der Waals surface area contributed by atoms with E-state index in [1.807, 2.05) is 17.0 Å². The minimum absolute atomic E-state index is 0.0177. The summed E-state index contributed by atoms with van der Waals surface area (Å²) in [6.07, 6.45) is 1.02. The number of hydrogen-bond donors (Lipinski definition) is 0. The van der Waals surface area contributed by atoms with Crippen LogP contribution in [0.15, 0.2) is 60.7 Å². The van der Waals surface area contributed by atoms with Gasteiger partial charge in [-0.05, 0) is 42.3 Å². The molecule has 1 aliphatic rings. The van der Waals surface area contributed by atoms with E-state index in [-0.39, 0.29) is 5.91 Å². The number of rotatable bonds is 4. The van der Waals surface area contributed by atoms with Gasteiger partial charge in [0.1, 0.15) is 0 Å². The van der Waals surface area contributed by atoms with Gasteiger partial charge in [0.25, 0.3) is 5.91 Å². The minimum Gasteiger partial charge on any atom is -0.352 e. The Labute approximate surface area is 175 Å². The number of hydrogen-bond acceptors (Lipinski definition) is 4. The van der Waals surface area contributed by atoms with Crippen LogP contribution in [0.3, 0.4) is 0 Å². The van der Waals surface area contributed by atoms with Crippen LogP contribution in [0.5, 0.6) is 0 Å². The first kappa shape index (κ1) is 19.4. The van der Waals surface area contributed by atoms with Crippen LogP contribution in [0, 0.1) is 0 Å². The molecule has 1 fully saturated rings. The quantitative estimate of drug-likeness (QED) is 0.647. The van der Waals surface area contributed by atoms with Gasteiger partial charge in [-0.25, -0.2) is 0 Å². The minimum atomic E-state index is 0.0177. The first-order valence-electron chi connectivity index (χ1n) is 9.87. The van der Waals surface area contributed by atoms with E-state index >= 15 is 0 Å². The van der Waals surface area contributed by atoms with Gasteiger partial charge in [0.05, 0.1) is 5.69 Å². The van der Waals surface area contributed by atoms with Gasteiger partial charge in [-0.1, -0.05) is 48.9 Å². The van der Waals surface area contributed by atoms with Gasteiger partial charge < -0.3 is 9.80 Å². The maximum atomic E-state index is 12.7. The average molecular weight is 407 g/mol. The zero-order valence-electron chi connectivity index (χ0n) is 16.4. The Kier molecular flexibility index (Phi) is 5.76. The Hall–Kier alpha value is -2.92. The first-order valence-corrected chi connectivity index (χ1v) is 10.2. The van der Waals surface area contributed by atoms with E-state index in [0.717, 1.165) is 36.6 Å². The summed E-state index contributed by atoms with van der Waals surface area (Å²) in [5, 5.41) is 9.40. The Morgan fingerprint density at radius 2 is 1.72 bits per heavy atom. The molecule has 2 aromatic carbocycles. The zero-order chi connectivity index (χ0) is 20.2. The van der Waals surface area contributed by atoms with Crippen molar-refractivity contribution in [3.63, 3.8) is 0 Å². The number of carbonyl (C=O) groups is 1. The van der Waals surface area contributed by atoms with Crippen LogP contribution in [-0.4, -0.2) is 47.2 Å². The summed E-state index contributed by atoms with van der Waals surface area (Å²) in [5.41, 5.74) is 3.87. The summed E-state index contributed by atoms with van der Waals surface area (Å²) in [4.78, 5) is 16.7. The lowest BCUT2D eigenvalue weighted by Crippen LogP contribution is -2.49. The lowest BCUT2D eigenvalue weighted by Gasteiger charge is -2.35. The number of nitrogens with zero attached hydrogens (tertiary/aromatic N) is 4. The predicted molar refractivity (Wildman–Crippen MR) is 116 cm³/mol. The molecule has 4 rings (SSSR count). The van der Waals surface area contributed by atoms with Crippen molar-refractivity contribution >= 4 is 23.3 Å². The summed E-state index contributed by atoms with van der Waals surface area (Å²) in [7, 11) is 0. The van der Waals surface area contributed by atoms with E-state index in [1.165, 1.54) is 5.56 Å². The highest BCUT2D eigenvalue weighted by Crippen LogP contribution is 2.21. The molecule has 1 aromatic heterocycles. The monoisotopic (exact) mass is 406 g/mol. The summed E-state index contributed by atoms with van der Waals surface area (Å²) < 4.78 is 0. The van der Waals surface area contributed by atoms with E-state index in [2.05, 4.69) is 46.3 Å². The van der Waals surface area contributed by atoms with Crippen molar-refractivity contribution in [1.82, 2.24) is 15.1 Å². The highest BCUT2D eigenvalue weighted by molar-refractivity contribution is 6.30. The molecule has 148 valence electrons. The molecule has 1 saturated heterocycles. The van der Waals surface area contributed by atoms with Gasteiger partial charge in [-0.2, -0.15) is 0 Å². The smallest absolute Gasteiger partial charge is 0.254 e. The fourth-order valence-corrected chi connectivity index (χ4v) is 3.69. The van der Waals surface area contributed by atoms with Crippen molar-refractivity contribution in [2.24, 2.45) is 0 Å². The van der Waals surface area contributed by atoms with Crippen LogP contribution >= 0.6 is 11.6 Å². The summed E-state index contributed by atoms with van der Waals surface area (Å²) >= 11 is 6.01. The van der Waals surface area contributed by atoms with Gasteiger partial charge >= 0.3 is 0 Å². The first-order chi connectivity index (χ1) is 14.1. The van der Waals surface area contributed by atoms with E-state index < -0.39 is 0 Å². The lowest BCUT2D eigenvalue weighted by atomic mass is 10.1. The predicted octanol–water partition coefficient (Wildman–Crippen LogP) is 4.32. The molecule has 5 nitrogen and oxygen atoms in total. The molecular formula is C23H23ClN4O. The van der Waals surface area contributed by atoms with Crippen molar-refractivity contribution < 1.29 is 4.79 Å². The molecule has 0 radical (unpaired) electrons. The fraction of sp³-hybridized carbons (Fsp3) is 0.261. The number of amides is 1. The summed E-state index contributed by atoms with van der Waals surface area (Å²) in [6.45, 7) is 4.89. The second-order valence-corrected chi connectivity index (χ2v) is 7.55. The number of halogens is 1. The molecule has 0 bridgehead atoms. The van der Waals surface area contributed by atoms with Gasteiger partial charge in [-0.15, -0.1) is 10.2 Å². The molecule has 0 N–H and O–H groups in total. The Morgan fingerprint density at radius 1 is 0.966 bits per heavy atom. The van der Waals surface area contributed by atoms with Gasteiger partial charge in [0.15, 0.2) is 5.82 Å². The molecule has 0 aliphatic carbocycles. The van der Waals surface area contributed by atoms with Crippen LogP contribution < -0.4 is 4.90 Å². The topological polar surface area (TPSA) is 49.3 Å². The molecule has 2 heterocycles.